The summed E-state index contributed by atoms with van der Waals surface area (Å²) in [6.07, 6.45) is 3.02. The largest absolute Gasteiger partial charge is 0.379 e. The van der Waals surface area contributed by atoms with Gasteiger partial charge in [0.25, 0.3) is 0 Å². The van der Waals surface area contributed by atoms with Crippen molar-refractivity contribution in [2.24, 2.45) is 5.92 Å². The van der Waals surface area contributed by atoms with Crippen LogP contribution >= 0.6 is 11.6 Å². The Morgan fingerprint density at radius 2 is 1.85 bits per heavy atom. The first-order chi connectivity index (χ1) is 12.7. The third-order valence-electron chi connectivity index (χ3n) is 6.12. The Morgan fingerprint density at radius 1 is 1.11 bits per heavy atom. The van der Waals surface area contributed by atoms with Crippen LogP contribution in [0.15, 0.2) is 36.5 Å². The van der Waals surface area contributed by atoms with Gasteiger partial charge in [-0.15, -0.1) is 0 Å². The van der Waals surface area contributed by atoms with Gasteiger partial charge in [0.05, 0.1) is 10.5 Å². The first kappa shape index (κ1) is 18.1. The predicted molar refractivity (Wildman–Crippen MR) is 114 cm³/mol. The second-order valence-electron chi connectivity index (χ2n) is 8.73. The topological polar surface area (TPSA) is 44.9 Å². The fourth-order valence-corrected chi connectivity index (χ4v) is 5.36. The Morgan fingerprint density at radius 3 is 2.56 bits per heavy atom. The van der Waals surface area contributed by atoms with Crippen LogP contribution in [0.2, 0.25) is 5.02 Å². The van der Waals surface area contributed by atoms with Crippen LogP contribution in [0, 0.1) is 12.8 Å². The number of nitrogens with one attached hydrogen (secondary N) is 2. The van der Waals surface area contributed by atoms with Crippen LogP contribution in [0.4, 0.5) is 5.69 Å². The zero-order valence-electron chi connectivity index (χ0n) is 16.4. The maximum Gasteiger partial charge on any atom is 0.126 e. The van der Waals surface area contributed by atoms with E-state index >= 15 is 0 Å². The Balaban J connectivity index is 2.04. The van der Waals surface area contributed by atoms with Crippen molar-refractivity contribution in [2.75, 3.05) is 5.32 Å². The normalized spacial score (nSPS) is 20.1. The van der Waals surface area contributed by atoms with Crippen LogP contribution in [0.25, 0.3) is 22.0 Å². The average Bonchev–Trinajstić information content (AvgIpc) is 3.05. The molecule has 1 unspecified atom stereocenters. The van der Waals surface area contributed by atoms with E-state index in [9.17, 15) is 4.79 Å². The number of aromatic nitrogens is 1. The number of hydrogen-bond donors (Lipinski definition) is 2. The Kier molecular flexibility index (Phi) is 3.94. The lowest BCUT2D eigenvalue weighted by Crippen LogP contribution is -2.53. The SMILES string of the molecule is Cc1cc(-c2cccc3cc[nH]c23)c(Cl)c2c1NC(C)(C)C(C=O)C2(C)C. The van der Waals surface area contributed by atoms with Gasteiger partial charge in [-0.25, -0.2) is 0 Å². The lowest BCUT2D eigenvalue weighted by Gasteiger charge is -2.49. The minimum atomic E-state index is -0.382. The summed E-state index contributed by atoms with van der Waals surface area (Å²) in [7, 11) is 0. The van der Waals surface area contributed by atoms with Gasteiger partial charge in [0, 0.05) is 45.4 Å². The summed E-state index contributed by atoms with van der Waals surface area (Å²) in [6, 6.07) is 10.4. The van der Waals surface area contributed by atoms with Crippen molar-refractivity contribution in [3.63, 3.8) is 0 Å². The molecule has 2 aromatic carbocycles. The molecule has 0 aliphatic carbocycles. The molecular weight excluding hydrogens is 356 g/mol. The molecule has 0 fully saturated rings. The van der Waals surface area contributed by atoms with Gasteiger partial charge in [0.2, 0.25) is 0 Å². The Hall–Kier alpha value is -2.26. The number of H-pyrrole nitrogens is 1. The van der Waals surface area contributed by atoms with Crippen molar-refractivity contribution < 1.29 is 4.79 Å². The highest BCUT2D eigenvalue weighted by Crippen LogP contribution is 2.52. The predicted octanol–water partition coefficient (Wildman–Crippen LogP) is 6.09. The Bertz CT molecular complexity index is 1060. The molecule has 0 spiro atoms. The molecule has 2 heterocycles. The third kappa shape index (κ3) is 2.52. The van der Waals surface area contributed by atoms with E-state index in [1.54, 1.807) is 0 Å². The number of halogens is 1. The van der Waals surface area contributed by atoms with E-state index in [-0.39, 0.29) is 16.9 Å². The zero-order chi connectivity index (χ0) is 19.6. The maximum absolute atomic E-state index is 12.0. The molecule has 27 heavy (non-hydrogen) atoms. The summed E-state index contributed by atoms with van der Waals surface area (Å²) in [5.74, 6) is -0.189. The summed E-state index contributed by atoms with van der Waals surface area (Å²) >= 11 is 7.03. The van der Waals surface area contributed by atoms with Crippen molar-refractivity contribution in [2.45, 2.75) is 45.6 Å². The molecule has 1 aliphatic rings. The number of rotatable bonds is 2. The number of para-hydroxylation sites is 1. The zero-order valence-corrected chi connectivity index (χ0v) is 17.2. The highest BCUT2D eigenvalue weighted by atomic mass is 35.5. The molecule has 1 atom stereocenters. The van der Waals surface area contributed by atoms with E-state index in [4.69, 9.17) is 11.6 Å². The maximum atomic E-state index is 12.0. The van der Waals surface area contributed by atoms with E-state index in [1.807, 2.05) is 6.20 Å². The summed E-state index contributed by atoms with van der Waals surface area (Å²) in [4.78, 5) is 15.3. The second kappa shape index (κ2) is 5.87. The molecule has 4 rings (SSSR count). The van der Waals surface area contributed by atoms with Gasteiger partial charge in [0.15, 0.2) is 0 Å². The minimum absolute atomic E-state index is 0.189. The number of hydrogen-bond acceptors (Lipinski definition) is 2. The second-order valence-corrected chi connectivity index (χ2v) is 9.11. The van der Waals surface area contributed by atoms with Crippen molar-refractivity contribution in [1.82, 2.24) is 4.98 Å². The van der Waals surface area contributed by atoms with Gasteiger partial charge in [-0.2, -0.15) is 0 Å². The highest BCUT2D eigenvalue weighted by Gasteiger charge is 2.48. The molecule has 0 amide bonds. The molecule has 0 saturated carbocycles. The lowest BCUT2D eigenvalue weighted by molar-refractivity contribution is -0.114. The van der Waals surface area contributed by atoms with Gasteiger partial charge in [-0.1, -0.05) is 43.6 Å². The minimum Gasteiger partial charge on any atom is -0.379 e. The van der Waals surface area contributed by atoms with Crippen LogP contribution in [0.5, 0.6) is 0 Å². The van der Waals surface area contributed by atoms with Gasteiger partial charge in [-0.05, 0) is 43.9 Å². The standard InChI is InChI=1S/C23H25ClN2O/c1-13-11-16(15-8-6-7-14-9-10-25-21(14)15)19(24)18-20(13)26-23(4,5)17(12-27)22(18,2)3/h6-12,17,25-26H,1-5H3. The molecule has 3 nitrogen and oxygen atoms in total. The lowest BCUT2D eigenvalue weighted by atomic mass is 9.62. The molecule has 2 N–H and O–H groups in total. The molecule has 1 aliphatic heterocycles. The van der Waals surface area contributed by atoms with E-state index in [1.165, 1.54) is 0 Å². The van der Waals surface area contributed by atoms with E-state index < -0.39 is 0 Å². The summed E-state index contributed by atoms with van der Waals surface area (Å²) < 4.78 is 0. The number of fused-ring (bicyclic) bond motifs is 2. The first-order valence-electron chi connectivity index (χ1n) is 9.32. The van der Waals surface area contributed by atoms with Crippen molar-refractivity contribution >= 4 is 34.5 Å². The van der Waals surface area contributed by atoms with Crippen LogP contribution < -0.4 is 5.32 Å². The smallest absolute Gasteiger partial charge is 0.126 e. The summed E-state index contributed by atoms with van der Waals surface area (Å²) in [5, 5.41) is 5.47. The van der Waals surface area contributed by atoms with E-state index in [0.29, 0.717) is 0 Å². The quantitative estimate of drug-likeness (QED) is 0.528. The number of anilines is 1. The molecule has 0 bridgehead atoms. The summed E-state index contributed by atoms with van der Waals surface area (Å²) in [5.41, 5.74) is 5.65. The third-order valence-corrected chi connectivity index (χ3v) is 6.51. The fourth-order valence-electron chi connectivity index (χ4n) is 4.86. The van der Waals surface area contributed by atoms with Crippen LogP contribution in [0.3, 0.4) is 0 Å². The number of aromatic amines is 1. The molecule has 0 radical (unpaired) electrons. The van der Waals surface area contributed by atoms with E-state index in [2.05, 4.69) is 75.3 Å². The van der Waals surface area contributed by atoms with Gasteiger partial charge in [0.1, 0.15) is 6.29 Å². The number of carbonyl (C=O) groups excluding carboxylic acids is 1. The van der Waals surface area contributed by atoms with E-state index in [0.717, 1.165) is 50.2 Å². The number of aldehydes is 1. The van der Waals surface area contributed by atoms with Gasteiger partial charge in [-0.3, -0.25) is 0 Å². The molecule has 140 valence electrons. The molecule has 4 heteroatoms. The number of benzene rings is 2. The number of aryl methyl sites for hydroxylation is 1. The highest BCUT2D eigenvalue weighted by molar-refractivity contribution is 6.35. The van der Waals surface area contributed by atoms with Gasteiger partial charge >= 0.3 is 0 Å². The van der Waals surface area contributed by atoms with Crippen molar-refractivity contribution in [3.05, 3.63) is 52.7 Å². The van der Waals surface area contributed by atoms with Crippen LogP contribution in [-0.2, 0) is 10.2 Å². The van der Waals surface area contributed by atoms with Crippen LogP contribution in [0.1, 0.15) is 38.8 Å². The molecule has 3 aromatic rings. The van der Waals surface area contributed by atoms with Crippen molar-refractivity contribution in [1.29, 1.82) is 0 Å². The fraction of sp³-hybridized carbons (Fsp3) is 0.348. The monoisotopic (exact) mass is 380 g/mol. The molecule has 1 aromatic heterocycles. The van der Waals surface area contributed by atoms with Crippen molar-refractivity contribution in [3.8, 4) is 11.1 Å². The first-order valence-corrected chi connectivity index (χ1v) is 9.70. The average molecular weight is 381 g/mol. The Labute approximate surface area is 165 Å². The number of carbonyl (C=O) groups is 1. The summed E-state index contributed by atoms with van der Waals surface area (Å²) in [6.45, 7) is 10.5. The van der Waals surface area contributed by atoms with Crippen LogP contribution in [-0.4, -0.2) is 16.8 Å². The molecular formula is C23H25ClN2O. The van der Waals surface area contributed by atoms with Gasteiger partial charge < -0.3 is 15.1 Å². The molecule has 0 saturated heterocycles.